The zero-order chi connectivity index (χ0) is 16.1. The Morgan fingerprint density at radius 2 is 1.91 bits per heavy atom. The van der Waals surface area contributed by atoms with Gasteiger partial charge >= 0.3 is 0 Å². The van der Waals surface area contributed by atoms with E-state index in [1.165, 1.54) is 0 Å². The summed E-state index contributed by atoms with van der Waals surface area (Å²) in [5.41, 5.74) is 2.53. The summed E-state index contributed by atoms with van der Waals surface area (Å²) >= 11 is 0. The standard InChI is InChI=1S/C19H20N2O2/c22-13-5-10-17(14-6-2-1-3-7-14)21-19(23)16-9-4-8-15-11-12-20-18(15)16/h1-4,6-9,11-12,17,20,22H,5,10,13H2,(H,21,23). The van der Waals surface area contributed by atoms with Crippen LogP contribution in [0.3, 0.4) is 0 Å². The first-order chi connectivity index (χ1) is 11.3. The van der Waals surface area contributed by atoms with Crippen molar-refractivity contribution in [2.45, 2.75) is 18.9 Å². The summed E-state index contributed by atoms with van der Waals surface area (Å²) in [5.74, 6) is -0.107. The lowest BCUT2D eigenvalue weighted by molar-refractivity contribution is 0.0934. The number of amides is 1. The zero-order valence-corrected chi connectivity index (χ0v) is 12.8. The molecule has 1 amide bonds. The summed E-state index contributed by atoms with van der Waals surface area (Å²) in [4.78, 5) is 15.8. The van der Waals surface area contributed by atoms with Gasteiger partial charge in [0.05, 0.1) is 17.1 Å². The minimum Gasteiger partial charge on any atom is -0.396 e. The van der Waals surface area contributed by atoms with Gasteiger partial charge in [-0.3, -0.25) is 4.79 Å². The molecule has 1 atom stereocenters. The summed E-state index contributed by atoms with van der Waals surface area (Å²) in [7, 11) is 0. The lowest BCUT2D eigenvalue weighted by atomic mass is 10.0. The molecule has 118 valence electrons. The Hall–Kier alpha value is -2.59. The number of aromatic amines is 1. The van der Waals surface area contributed by atoms with Crippen LogP contribution in [0.4, 0.5) is 0 Å². The van der Waals surface area contributed by atoms with Crippen LogP contribution in [0.5, 0.6) is 0 Å². The highest BCUT2D eigenvalue weighted by atomic mass is 16.3. The van der Waals surface area contributed by atoms with Crippen LogP contribution in [0, 0.1) is 0 Å². The van der Waals surface area contributed by atoms with Crippen LogP contribution < -0.4 is 5.32 Å². The minimum atomic E-state index is -0.110. The van der Waals surface area contributed by atoms with Gasteiger partial charge in [0.1, 0.15) is 0 Å². The number of rotatable bonds is 6. The van der Waals surface area contributed by atoms with Crippen molar-refractivity contribution in [2.24, 2.45) is 0 Å². The largest absolute Gasteiger partial charge is 0.396 e. The van der Waals surface area contributed by atoms with E-state index in [2.05, 4.69) is 10.3 Å². The fourth-order valence-corrected chi connectivity index (χ4v) is 2.81. The Morgan fingerprint density at radius 1 is 1.09 bits per heavy atom. The summed E-state index contributed by atoms with van der Waals surface area (Å²) in [6.45, 7) is 0.116. The number of nitrogens with one attached hydrogen (secondary N) is 2. The first kappa shape index (κ1) is 15.3. The fourth-order valence-electron chi connectivity index (χ4n) is 2.81. The molecule has 1 aromatic heterocycles. The van der Waals surface area contributed by atoms with E-state index in [9.17, 15) is 4.79 Å². The average molecular weight is 308 g/mol. The van der Waals surface area contributed by atoms with Gasteiger partial charge in [0.15, 0.2) is 0 Å². The molecule has 0 saturated carbocycles. The van der Waals surface area contributed by atoms with Crippen molar-refractivity contribution in [1.29, 1.82) is 0 Å². The molecule has 4 nitrogen and oxygen atoms in total. The maximum atomic E-state index is 12.7. The van der Waals surface area contributed by atoms with E-state index < -0.39 is 0 Å². The van der Waals surface area contributed by atoms with Crippen molar-refractivity contribution in [3.8, 4) is 0 Å². The van der Waals surface area contributed by atoms with Crippen molar-refractivity contribution < 1.29 is 9.90 Å². The number of aliphatic hydroxyl groups is 1. The number of hydrogen-bond donors (Lipinski definition) is 3. The number of H-pyrrole nitrogens is 1. The molecule has 0 spiro atoms. The number of hydrogen-bond acceptors (Lipinski definition) is 2. The van der Waals surface area contributed by atoms with Gasteiger partial charge in [-0.2, -0.15) is 0 Å². The van der Waals surface area contributed by atoms with Crippen molar-refractivity contribution in [1.82, 2.24) is 10.3 Å². The van der Waals surface area contributed by atoms with Gasteiger partial charge < -0.3 is 15.4 Å². The SMILES string of the molecule is O=C(NC(CCCO)c1ccccc1)c1cccc2cc[nH]c12. The van der Waals surface area contributed by atoms with Crippen molar-refractivity contribution >= 4 is 16.8 Å². The number of carbonyl (C=O) groups excluding carboxylic acids is 1. The third-order valence-corrected chi connectivity index (χ3v) is 3.99. The van der Waals surface area contributed by atoms with Gasteiger partial charge in [-0.25, -0.2) is 0 Å². The molecule has 0 bridgehead atoms. The van der Waals surface area contributed by atoms with E-state index >= 15 is 0 Å². The molecule has 0 aliphatic carbocycles. The molecule has 0 radical (unpaired) electrons. The molecule has 3 aromatic rings. The van der Waals surface area contributed by atoms with E-state index in [4.69, 9.17) is 5.11 Å². The number of aromatic nitrogens is 1. The highest BCUT2D eigenvalue weighted by molar-refractivity contribution is 6.05. The van der Waals surface area contributed by atoms with E-state index in [1.54, 1.807) is 0 Å². The first-order valence-corrected chi connectivity index (χ1v) is 7.82. The summed E-state index contributed by atoms with van der Waals surface area (Å²) in [5, 5.41) is 13.2. The second-order valence-corrected chi connectivity index (χ2v) is 5.55. The average Bonchev–Trinajstić information content (AvgIpc) is 3.07. The van der Waals surface area contributed by atoms with Gasteiger partial charge in [-0.1, -0.05) is 42.5 Å². The quantitative estimate of drug-likeness (QED) is 0.653. The highest BCUT2D eigenvalue weighted by Crippen LogP contribution is 2.21. The molecular formula is C19H20N2O2. The maximum Gasteiger partial charge on any atom is 0.253 e. The van der Waals surface area contributed by atoms with Crippen LogP contribution in [-0.2, 0) is 0 Å². The molecule has 0 saturated heterocycles. The minimum absolute atomic E-state index is 0.107. The van der Waals surface area contributed by atoms with E-state index in [-0.39, 0.29) is 18.6 Å². The summed E-state index contributed by atoms with van der Waals surface area (Å²) in [6, 6.07) is 17.4. The van der Waals surface area contributed by atoms with Gasteiger partial charge in [0.25, 0.3) is 5.91 Å². The Kier molecular flexibility index (Phi) is 4.74. The van der Waals surface area contributed by atoms with Crippen LogP contribution in [0.25, 0.3) is 10.9 Å². The molecular weight excluding hydrogens is 288 g/mol. The van der Waals surface area contributed by atoms with Gasteiger partial charge in [0.2, 0.25) is 0 Å². The molecule has 1 heterocycles. The number of fused-ring (bicyclic) bond motifs is 1. The normalized spacial score (nSPS) is 12.2. The van der Waals surface area contributed by atoms with Crippen LogP contribution in [-0.4, -0.2) is 22.6 Å². The molecule has 3 N–H and O–H groups in total. The van der Waals surface area contributed by atoms with Crippen molar-refractivity contribution in [3.05, 3.63) is 71.9 Å². The molecule has 23 heavy (non-hydrogen) atoms. The monoisotopic (exact) mass is 308 g/mol. The van der Waals surface area contributed by atoms with Crippen LogP contribution in [0.15, 0.2) is 60.8 Å². The Bertz CT molecular complexity index is 780. The van der Waals surface area contributed by atoms with Crippen LogP contribution in [0.1, 0.15) is 34.8 Å². The van der Waals surface area contributed by atoms with Crippen LogP contribution in [0.2, 0.25) is 0 Å². The zero-order valence-electron chi connectivity index (χ0n) is 12.8. The third-order valence-electron chi connectivity index (χ3n) is 3.99. The number of para-hydroxylation sites is 1. The van der Waals surface area contributed by atoms with Crippen molar-refractivity contribution in [2.75, 3.05) is 6.61 Å². The van der Waals surface area contributed by atoms with Gasteiger partial charge in [0, 0.05) is 18.2 Å². The second-order valence-electron chi connectivity index (χ2n) is 5.55. The predicted octanol–water partition coefficient (Wildman–Crippen LogP) is 3.41. The Balaban J connectivity index is 1.84. The maximum absolute atomic E-state index is 12.7. The Morgan fingerprint density at radius 3 is 2.70 bits per heavy atom. The van der Waals surface area contributed by atoms with Crippen LogP contribution >= 0.6 is 0 Å². The topological polar surface area (TPSA) is 65.1 Å². The number of aliphatic hydroxyl groups excluding tert-OH is 1. The number of carbonyl (C=O) groups is 1. The fraction of sp³-hybridized carbons (Fsp3) is 0.211. The van der Waals surface area contributed by atoms with E-state index in [0.29, 0.717) is 18.4 Å². The lowest BCUT2D eigenvalue weighted by Crippen LogP contribution is -2.29. The predicted molar refractivity (Wildman–Crippen MR) is 91.3 cm³/mol. The highest BCUT2D eigenvalue weighted by Gasteiger charge is 2.17. The second kappa shape index (κ2) is 7.11. The van der Waals surface area contributed by atoms with Gasteiger partial charge in [-0.05, 0) is 30.5 Å². The van der Waals surface area contributed by atoms with E-state index in [0.717, 1.165) is 16.5 Å². The molecule has 2 aromatic carbocycles. The lowest BCUT2D eigenvalue weighted by Gasteiger charge is -2.19. The molecule has 3 rings (SSSR count). The molecule has 0 aliphatic rings. The molecule has 1 unspecified atom stereocenters. The first-order valence-electron chi connectivity index (χ1n) is 7.82. The molecule has 0 fully saturated rings. The van der Waals surface area contributed by atoms with Crippen molar-refractivity contribution in [3.63, 3.8) is 0 Å². The van der Waals surface area contributed by atoms with E-state index in [1.807, 2.05) is 60.8 Å². The third kappa shape index (κ3) is 3.43. The molecule has 0 aliphatic heterocycles. The Labute approximate surface area is 135 Å². The molecule has 4 heteroatoms. The number of benzene rings is 2. The van der Waals surface area contributed by atoms with Gasteiger partial charge in [-0.15, -0.1) is 0 Å². The summed E-state index contributed by atoms with van der Waals surface area (Å²) < 4.78 is 0. The summed E-state index contributed by atoms with van der Waals surface area (Å²) in [6.07, 6.45) is 3.18. The smallest absolute Gasteiger partial charge is 0.253 e.